The average Bonchev–Trinajstić information content (AvgIpc) is 2.11. The first-order valence-electron chi connectivity index (χ1n) is 3.96. The van der Waals surface area contributed by atoms with E-state index in [4.69, 9.17) is 5.84 Å². The van der Waals surface area contributed by atoms with Crippen molar-refractivity contribution in [2.45, 2.75) is 27.2 Å². The van der Waals surface area contributed by atoms with E-state index in [1.165, 1.54) is 5.57 Å². The van der Waals surface area contributed by atoms with E-state index in [-0.39, 0.29) is 5.91 Å². The van der Waals surface area contributed by atoms with E-state index in [2.05, 4.69) is 12.3 Å². The summed E-state index contributed by atoms with van der Waals surface area (Å²) in [6.45, 7) is 5.81. The molecule has 3 N–H and O–H groups in total. The zero-order valence-corrected chi connectivity index (χ0v) is 7.85. The van der Waals surface area contributed by atoms with Gasteiger partial charge in [0.05, 0.1) is 0 Å². The molecule has 0 heterocycles. The van der Waals surface area contributed by atoms with Crippen LogP contribution in [0.1, 0.15) is 27.2 Å². The Morgan fingerprint density at radius 3 is 2.42 bits per heavy atom. The van der Waals surface area contributed by atoms with Crippen LogP contribution in [0.15, 0.2) is 23.3 Å². The maximum atomic E-state index is 10.9. The van der Waals surface area contributed by atoms with Crippen LogP contribution in [0.25, 0.3) is 0 Å². The van der Waals surface area contributed by atoms with E-state index in [9.17, 15) is 4.79 Å². The molecule has 68 valence electrons. The van der Waals surface area contributed by atoms with Gasteiger partial charge in [0.1, 0.15) is 0 Å². The maximum Gasteiger partial charge on any atom is 0.260 e. The van der Waals surface area contributed by atoms with Gasteiger partial charge in [-0.2, -0.15) is 0 Å². The molecular formula is C9H16N2O. The highest BCUT2D eigenvalue weighted by Crippen LogP contribution is 2.00. The van der Waals surface area contributed by atoms with Gasteiger partial charge >= 0.3 is 0 Å². The van der Waals surface area contributed by atoms with Crippen molar-refractivity contribution >= 4 is 5.91 Å². The highest BCUT2D eigenvalue weighted by Gasteiger charge is 1.97. The minimum Gasteiger partial charge on any atom is -0.290 e. The Kier molecular flexibility index (Phi) is 5.04. The van der Waals surface area contributed by atoms with Gasteiger partial charge in [0.15, 0.2) is 0 Å². The SMILES string of the molecule is CC/C(C)=C\C=C(/C)C(=O)NN. The number of carbonyl (C=O) groups is 1. The summed E-state index contributed by atoms with van der Waals surface area (Å²) in [4.78, 5) is 10.9. The molecule has 0 rings (SSSR count). The van der Waals surface area contributed by atoms with Crippen LogP contribution in [0.3, 0.4) is 0 Å². The molecule has 0 aromatic rings. The van der Waals surface area contributed by atoms with Crippen LogP contribution in [-0.4, -0.2) is 5.91 Å². The van der Waals surface area contributed by atoms with Crippen molar-refractivity contribution in [3.05, 3.63) is 23.3 Å². The number of hydrogen-bond donors (Lipinski definition) is 2. The zero-order chi connectivity index (χ0) is 9.56. The van der Waals surface area contributed by atoms with E-state index in [1.807, 2.05) is 13.0 Å². The van der Waals surface area contributed by atoms with Crippen LogP contribution in [0.2, 0.25) is 0 Å². The lowest BCUT2D eigenvalue weighted by atomic mass is 10.2. The minimum absolute atomic E-state index is 0.241. The van der Waals surface area contributed by atoms with E-state index in [0.717, 1.165) is 6.42 Å². The molecule has 0 saturated heterocycles. The number of carbonyl (C=O) groups excluding carboxylic acids is 1. The fraction of sp³-hybridized carbons (Fsp3) is 0.444. The third kappa shape index (κ3) is 3.93. The van der Waals surface area contributed by atoms with Crippen molar-refractivity contribution in [1.82, 2.24) is 5.43 Å². The first-order chi connectivity index (χ1) is 5.61. The van der Waals surface area contributed by atoms with Crippen molar-refractivity contribution in [1.29, 1.82) is 0 Å². The summed E-state index contributed by atoms with van der Waals surface area (Å²) < 4.78 is 0. The summed E-state index contributed by atoms with van der Waals surface area (Å²) in [7, 11) is 0. The summed E-state index contributed by atoms with van der Waals surface area (Å²) in [5.74, 6) is 4.71. The Morgan fingerprint density at radius 2 is 2.00 bits per heavy atom. The predicted octanol–water partition coefficient (Wildman–Crippen LogP) is 1.28. The van der Waals surface area contributed by atoms with Crippen LogP contribution in [0.4, 0.5) is 0 Å². The number of hydrazine groups is 1. The van der Waals surface area contributed by atoms with Crippen molar-refractivity contribution in [2.75, 3.05) is 0 Å². The summed E-state index contributed by atoms with van der Waals surface area (Å²) in [5.41, 5.74) is 3.92. The van der Waals surface area contributed by atoms with Crippen LogP contribution in [0.5, 0.6) is 0 Å². The highest BCUT2D eigenvalue weighted by atomic mass is 16.2. The topological polar surface area (TPSA) is 55.1 Å². The van der Waals surface area contributed by atoms with Crippen molar-refractivity contribution in [2.24, 2.45) is 5.84 Å². The molecule has 0 aromatic carbocycles. The highest BCUT2D eigenvalue weighted by molar-refractivity contribution is 5.92. The Morgan fingerprint density at radius 1 is 1.42 bits per heavy atom. The first-order valence-corrected chi connectivity index (χ1v) is 3.96. The minimum atomic E-state index is -0.241. The number of nitrogens with one attached hydrogen (secondary N) is 1. The quantitative estimate of drug-likeness (QED) is 0.219. The lowest BCUT2D eigenvalue weighted by Gasteiger charge is -1.96. The van der Waals surface area contributed by atoms with Gasteiger partial charge in [0.25, 0.3) is 5.91 Å². The van der Waals surface area contributed by atoms with Crippen molar-refractivity contribution in [3.8, 4) is 0 Å². The molecular weight excluding hydrogens is 152 g/mol. The standard InChI is InChI=1S/C9H16N2O/c1-4-7(2)5-6-8(3)9(12)11-10/h5-6H,4,10H2,1-3H3,(H,11,12)/b7-5-,8-6+. The molecule has 0 aliphatic heterocycles. The second-order valence-corrected chi connectivity index (χ2v) is 2.69. The van der Waals surface area contributed by atoms with Crippen LogP contribution >= 0.6 is 0 Å². The Balaban J connectivity index is 4.27. The summed E-state index contributed by atoms with van der Waals surface area (Å²) in [5, 5.41) is 0. The second kappa shape index (κ2) is 5.55. The molecule has 0 saturated carbocycles. The number of rotatable bonds is 3. The smallest absolute Gasteiger partial charge is 0.260 e. The lowest BCUT2D eigenvalue weighted by molar-refractivity contribution is -0.117. The number of allylic oxidation sites excluding steroid dienone is 3. The van der Waals surface area contributed by atoms with Gasteiger partial charge in [-0.15, -0.1) is 0 Å². The van der Waals surface area contributed by atoms with Gasteiger partial charge in [-0.1, -0.05) is 24.6 Å². The maximum absolute atomic E-state index is 10.9. The normalized spacial score (nSPS) is 13.0. The zero-order valence-electron chi connectivity index (χ0n) is 7.85. The van der Waals surface area contributed by atoms with E-state index < -0.39 is 0 Å². The molecule has 3 nitrogen and oxygen atoms in total. The fourth-order valence-electron chi connectivity index (χ4n) is 0.575. The molecule has 1 amide bonds. The Hall–Kier alpha value is -1.09. The monoisotopic (exact) mass is 168 g/mol. The molecule has 0 atom stereocenters. The first kappa shape index (κ1) is 10.9. The van der Waals surface area contributed by atoms with E-state index >= 15 is 0 Å². The summed E-state index contributed by atoms with van der Waals surface area (Å²) in [6.07, 6.45) is 4.68. The molecule has 0 spiro atoms. The van der Waals surface area contributed by atoms with Crippen LogP contribution in [-0.2, 0) is 4.79 Å². The Bertz CT molecular complexity index is 217. The Labute approximate surface area is 73.3 Å². The summed E-state index contributed by atoms with van der Waals surface area (Å²) >= 11 is 0. The van der Waals surface area contributed by atoms with Gasteiger partial charge in [0, 0.05) is 5.57 Å². The van der Waals surface area contributed by atoms with E-state index in [0.29, 0.717) is 5.57 Å². The average molecular weight is 168 g/mol. The van der Waals surface area contributed by atoms with Crippen LogP contribution < -0.4 is 11.3 Å². The van der Waals surface area contributed by atoms with Gasteiger partial charge in [-0.3, -0.25) is 10.2 Å². The number of amides is 1. The lowest BCUT2D eigenvalue weighted by Crippen LogP contribution is -2.30. The van der Waals surface area contributed by atoms with Crippen molar-refractivity contribution in [3.63, 3.8) is 0 Å². The molecule has 0 radical (unpaired) electrons. The number of hydrogen-bond acceptors (Lipinski definition) is 2. The van der Waals surface area contributed by atoms with Gasteiger partial charge in [0.2, 0.25) is 0 Å². The van der Waals surface area contributed by atoms with Gasteiger partial charge in [-0.05, 0) is 20.3 Å². The summed E-state index contributed by atoms with van der Waals surface area (Å²) in [6, 6.07) is 0. The molecule has 12 heavy (non-hydrogen) atoms. The molecule has 0 bridgehead atoms. The third-order valence-electron chi connectivity index (χ3n) is 1.66. The molecule has 0 aliphatic rings. The predicted molar refractivity (Wildman–Crippen MR) is 50.1 cm³/mol. The molecule has 0 aromatic heterocycles. The third-order valence-corrected chi connectivity index (χ3v) is 1.66. The second-order valence-electron chi connectivity index (χ2n) is 2.69. The molecule has 3 heteroatoms. The van der Waals surface area contributed by atoms with Crippen LogP contribution in [0, 0.1) is 0 Å². The van der Waals surface area contributed by atoms with Crippen molar-refractivity contribution < 1.29 is 4.79 Å². The van der Waals surface area contributed by atoms with Gasteiger partial charge < -0.3 is 0 Å². The molecule has 0 unspecified atom stereocenters. The molecule has 0 fully saturated rings. The molecule has 0 aliphatic carbocycles. The van der Waals surface area contributed by atoms with Gasteiger partial charge in [-0.25, -0.2) is 5.84 Å². The van der Waals surface area contributed by atoms with E-state index in [1.54, 1.807) is 13.0 Å². The largest absolute Gasteiger partial charge is 0.290 e. The fourth-order valence-corrected chi connectivity index (χ4v) is 0.575. The number of nitrogens with two attached hydrogens (primary N) is 1.